The summed E-state index contributed by atoms with van der Waals surface area (Å²) >= 11 is 1.65. The highest BCUT2D eigenvalue weighted by atomic mass is 32.1. The summed E-state index contributed by atoms with van der Waals surface area (Å²) < 4.78 is 0. The van der Waals surface area contributed by atoms with E-state index in [1.807, 2.05) is 35.7 Å². The van der Waals surface area contributed by atoms with Crippen LogP contribution in [0, 0.1) is 6.92 Å². The first-order valence-corrected chi connectivity index (χ1v) is 10.8. The van der Waals surface area contributed by atoms with Crippen LogP contribution in [0.2, 0.25) is 0 Å². The minimum Gasteiger partial charge on any atom is -0.322 e. The number of thiophene rings is 1. The van der Waals surface area contributed by atoms with E-state index in [1.54, 1.807) is 30.1 Å². The minimum absolute atomic E-state index is 0.0912. The predicted molar refractivity (Wildman–Crippen MR) is 122 cm³/mol. The highest BCUT2D eigenvalue weighted by Crippen LogP contribution is 2.36. The normalized spacial score (nSPS) is 16.0. The number of amides is 2. The van der Waals surface area contributed by atoms with Crippen LogP contribution in [0.1, 0.15) is 35.9 Å². The lowest BCUT2D eigenvalue weighted by Gasteiger charge is -2.42. The number of nitrogens with zero attached hydrogens (tertiary/aromatic N) is 1. The Hall–Kier alpha value is -2.96. The van der Waals surface area contributed by atoms with E-state index in [0.29, 0.717) is 5.69 Å². The van der Waals surface area contributed by atoms with Crippen LogP contribution in [-0.4, -0.2) is 23.9 Å². The van der Waals surface area contributed by atoms with Crippen molar-refractivity contribution in [1.29, 1.82) is 0 Å². The third-order valence-electron chi connectivity index (χ3n) is 5.45. The molecule has 30 heavy (non-hydrogen) atoms. The molecule has 2 heterocycles. The molecule has 0 saturated carbocycles. The SMILES string of the molecule is Cc1ccc([C@@H](NCC(=O)N2c3ccccc3NC(=O)C2(C)C)c2cccs2)cc1. The molecule has 0 spiro atoms. The first-order valence-electron chi connectivity index (χ1n) is 9.95. The molecule has 1 aliphatic heterocycles. The van der Waals surface area contributed by atoms with Gasteiger partial charge in [0.1, 0.15) is 5.54 Å². The largest absolute Gasteiger partial charge is 0.322 e. The Labute approximate surface area is 180 Å². The smallest absolute Gasteiger partial charge is 0.250 e. The van der Waals surface area contributed by atoms with Gasteiger partial charge in [0.25, 0.3) is 0 Å². The number of para-hydroxylation sites is 2. The lowest BCUT2D eigenvalue weighted by atomic mass is 9.96. The third kappa shape index (κ3) is 3.76. The number of hydrogen-bond acceptors (Lipinski definition) is 4. The standard InChI is InChI=1S/C24H25N3O2S/c1-16-10-12-17(13-11-16)22(20-9-6-14-30-20)25-15-21(28)27-19-8-5-4-7-18(19)26-23(29)24(27,2)3/h4-14,22,25H,15H2,1-3H3,(H,26,29)/t22-/m1/s1. The monoisotopic (exact) mass is 419 g/mol. The Morgan fingerprint density at radius 1 is 1.10 bits per heavy atom. The second kappa shape index (κ2) is 8.05. The van der Waals surface area contributed by atoms with Crippen LogP contribution in [0.4, 0.5) is 11.4 Å². The maximum Gasteiger partial charge on any atom is 0.250 e. The van der Waals surface area contributed by atoms with Gasteiger partial charge in [0.05, 0.1) is 24.0 Å². The van der Waals surface area contributed by atoms with Gasteiger partial charge in [-0.05, 0) is 49.9 Å². The molecular weight excluding hydrogens is 394 g/mol. The summed E-state index contributed by atoms with van der Waals surface area (Å²) in [5, 5.41) is 8.36. The first kappa shape index (κ1) is 20.3. The molecule has 3 aromatic rings. The fraction of sp³-hybridized carbons (Fsp3) is 0.250. The van der Waals surface area contributed by atoms with Crippen LogP contribution in [0.25, 0.3) is 0 Å². The number of fused-ring (bicyclic) bond motifs is 1. The highest BCUT2D eigenvalue weighted by molar-refractivity contribution is 7.10. The quantitative estimate of drug-likeness (QED) is 0.640. The van der Waals surface area contributed by atoms with Crippen molar-refractivity contribution in [2.75, 3.05) is 16.8 Å². The van der Waals surface area contributed by atoms with Gasteiger partial charge in [-0.2, -0.15) is 0 Å². The van der Waals surface area contributed by atoms with Crippen molar-refractivity contribution < 1.29 is 9.59 Å². The van der Waals surface area contributed by atoms with Gasteiger partial charge in [-0.1, -0.05) is 48.0 Å². The van der Waals surface area contributed by atoms with Crippen LogP contribution in [0.15, 0.2) is 66.0 Å². The molecule has 154 valence electrons. The fourth-order valence-electron chi connectivity index (χ4n) is 3.76. The average molecular weight is 420 g/mol. The Balaban J connectivity index is 1.60. The summed E-state index contributed by atoms with van der Waals surface area (Å²) in [5.74, 6) is -0.334. The zero-order valence-corrected chi connectivity index (χ0v) is 18.1. The molecule has 0 saturated heterocycles. The summed E-state index contributed by atoms with van der Waals surface area (Å²) in [6.07, 6.45) is 0. The molecule has 1 aromatic heterocycles. The van der Waals surface area contributed by atoms with Crippen molar-refractivity contribution in [2.24, 2.45) is 0 Å². The zero-order chi connectivity index (χ0) is 21.3. The highest BCUT2D eigenvalue weighted by Gasteiger charge is 2.43. The van der Waals surface area contributed by atoms with Gasteiger partial charge in [-0.25, -0.2) is 0 Å². The summed E-state index contributed by atoms with van der Waals surface area (Å²) in [7, 11) is 0. The van der Waals surface area contributed by atoms with Crippen molar-refractivity contribution in [3.8, 4) is 0 Å². The summed E-state index contributed by atoms with van der Waals surface area (Å²) in [4.78, 5) is 28.8. The van der Waals surface area contributed by atoms with Crippen molar-refractivity contribution in [3.63, 3.8) is 0 Å². The molecule has 0 aliphatic carbocycles. The van der Waals surface area contributed by atoms with E-state index in [9.17, 15) is 9.59 Å². The molecule has 1 atom stereocenters. The summed E-state index contributed by atoms with van der Waals surface area (Å²) in [5.41, 5.74) is 2.69. The van der Waals surface area contributed by atoms with E-state index < -0.39 is 5.54 Å². The van der Waals surface area contributed by atoms with Gasteiger partial charge in [-0.15, -0.1) is 11.3 Å². The van der Waals surface area contributed by atoms with Crippen LogP contribution in [0.5, 0.6) is 0 Å². The third-order valence-corrected chi connectivity index (χ3v) is 6.39. The number of rotatable bonds is 5. The lowest BCUT2D eigenvalue weighted by Crippen LogP contribution is -2.60. The summed E-state index contributed by atoms with van der Waals surface area (Å²) in [6, 6.07) is 19.7. The van der Waals surface area contributed by atoms with E-state index >= 15 is 0 Å². The maximum atomic E-state index is 13.4. The number of aryl methyl sites for hydroxylation is 1. The number of carbonyl (C=O) groups excluding carboxylic acids is 2. The molecule has 0 bridgehead atoms. The summed E-state index contributed by atoms with van der Waals surface area (Å²) in [6.45, 7) is 5.71. The molecular formula is C24H25N3O2S. The Morgan fingerprint density at radius 3 is 2.53 bits per heavy atom. The molecule has 4 rings (SSSR count). The second-order valence-corrected chi connectivity index (χ2v) is 8.98. The predicted octanol–water partition coefficient (Wildman–Crippen LogP) is 4.50. The lowest BCUT2D eigenvalue weighted by molar-refractivity contribution is -0.126. The molecule has 2 N–H and O–H groups in total. The van der Waals surface area contributed by atoms with Crippen molar-refractivity contribution in [2.45, 2.75) is 32.4 Å². The average Bonchev–Trinajstić information content (AvgIpc) is 3.24. The van der Waals surface area contributed by atoms with Gasteiger partial charge in [0.2, 0.25) is 11.8 Å². The van der Waals surface area contributed by atoms with Gasteiger partial charge in [-0.3, -0.25) is 19.8 Å². The number of benzene rings is 2. The van der Waals surface area contributed by atoms with E-state index in [-0.39, 0.29) is 24.4 Å². The Kier molecular flexibility index (Phi) is 5.45. The molecule has 2 aromatic carbocycles. The van der Waals surface area contributed by atoms with Crippen molar-refractivity contribution >= 4 is 34.5 Å². The fourth-order valence-corrected chi connectivity index (χ4v) is 4.59. The van der Waals surface area contributed by atoms with Crippen LogP contribution in [-0.2, 0) is 9.59 Å². The van der Waals surface area contributed by atoms with Crippen LogP contribution >= 0.6 is 11.3 Å². The number of anilines is 2. The van der Waals surface area contributed by atoms with E-state index in [0.717, 1.165) is 16.1 Å². The maximum absolute atomic E-state index is 13.4. The van der Waals surface area contributed by atoms with E-state index in [1.165, 1.54) is 5.56 Å². The first-order chi connectivity index (χ1) is 14.4. The van der Waals surface area contributed by atoms with E-state index in [2.05, 4.69) is 47.9 Å². The Morgan fingerprint density at radius 2 is 1.83 bits per heavy atom. The number of carbonyl (C=O) groups is 2. The molecule has 0 fully saturated rings. The van der Waals surface area contributed by atoms with Gasteiger partial charge in [0.15, 0.2) is 0 Å². The molecule has 0 unspecified atom stereocenters. The number of nitrogens with one attached hydrogen (secondary N) is 2. The Bertz CT molecular complexity index is 1060. The van der Waals surface area contributed by atoms with Gasteiger partial charge >= 0.3 is 0 Å². The van der Waals surface area contributed by atoms with Crippen LogP contribution in [0.3, 0.4) is 0 Å². The molecule has 5 nitrogen and oxygen atoms in total. The zero-order valence-electron chi connectivity index (χ0n) is 17.3. The van der Waals surface area contributed by atoms with E-state index in [4.69, 9.17) is 0 Å². The second-order valence-electron chi connectivity index (χ2n) is 8.00. The van der Waals surface area contributed by atoms with Crippen molar-refractivity contribution in [1.82, 2.24) is 5.32 Å². The molecule has 0 radical (unpaired) electrons. The molecule has 2 amide bonds. The molecule has 1 aliphatic rings. The van der Waals surface area contributed by atoms with Crippen molar-refractivity contribution in [3.05, 3.63) is 82.0 Å². The number of hydrogen-bond donors (Lipinski definition) is 2. The van der Waals surface area contributed by atoms with Gasteiger partial charge < -0.3 is 5.32 Å². The topological polar surface area (TPSA) is 61.4 Å². The molecule has 6 heteroatoms. The van der Waals surface area contributed by atoms with Gasteiger partial charge in [0, 0.05) is 4.88 Å². The van der Waals surface area contributed by atoms with Crippen LogP contribution < -0.4 is 15.5 Å². The minimum atomic E-state index is -0.977.